The van der Waals surface area contributed by atoms with Crippen LogP contribution in [0, 0.1) is 5.92 Å². The number of piperidine rings is 1. The average Bonchev–Trinajstić information content (AvgIpc) is 2.41. The van der Waals surface area contributed by atoms with Crippen molar-refractivity contribution in [3.8, 4) is 0 Å². The minimum absolute atomic E-state index is 0.389. The van der Waals surface area contributed by atoms with Gasteiger partial charge in [-0.05, 0) is 31.6 Å². The number of fused-ring (bicyclic) bond motifs is 1. The maximum absolute atomic E-state index is 6.27. The molecule has 1 aromatic heterocycles. The van der Waals surface area contributed by atoms with Crippen molar-refractivity contribution >= 4 is 23.2 Å². The van der Waals surface area contributed by atoms with Crippen LogP contribution in [0.5, 0.6) is 0 Å². The Kier molecular flexibility index (Phi) is 3.29. The molecule has 2 unspecified atom stereocenters. The Labute approximate surface area is 113 Å². The topological polar surface area (TPSA) is 55.0 Å². The molecule has 18 heavy (non-hydrogen) atoms. The highest BCUT2D eigenvalue weighted by Gasteiger charge is 2.34. The third-order valence-corrected chi connectivity index (χ3v) is 4.68. The average molecular weight is 267 g/mol. The van der Waals surface area contributed by atoms with Crippen LogP contribution < -0.4 is 10.6 Å². The fourth-order valence-electron chi connectivity index (χ4n) is 3.46. The van der Waals surface area contributed by atoms with Crippen molar-refractivity contribution in [1.82, 2.24) is 9.97 Å². The lowest BCUT2D eigenvalue weighted by Crippen LogP contribution is -2.47. The van der Waals surface area contributed by atoms with Crippen LogP contribution in [-0.2, 0) is 0 Å². The van der Waals surface area contributed by atoms with E-state index in [9.17, 15) is 0 Å². The van der Waals surface area contributed by atoms with E-state index in [1.165, 1.54) is 44.9 Å². The van der Waals surface area contributed by atoms with Crippen molar-refractivity contribution in [3.05, 3.63) is 11.3 Å². The number of anilines is 2. The lowest BCUT2D eigenvalue weighted by molar-refractivity contribution is 0.243. The first-order chi connectivity index (χ1) is 8.77. The van der Waals surface area contributed by atoms with Gasteiger partial charge in [-0.3, -0.25) is 0 Å². The van der Waals surface area contributed by atoms with E-state index in [-0.39, 0.29) is 0 Å². The van der Waals surface area contributed by atoms with Crippen LogP contribution in [0.3, 0.4) is 0 Å². The second-order valence-corrected chi connectivity index (χ2v) is 5.72. The third-order valence-electron chi connectivity index (χ3n) is 4.31. The second-order valence-electron chi connectivity index (χ2n) is 5.34. The number of halogens is 1. The summed E-state index contributed by atoms with van der Waals surface area (Å²) in [5, 5.41) is 0.517. The van der Waals surface area contributed by atoms with Crippen molar-refractivity contribution < 1.29 is 0 Å². The minimum atomic E-state index is 0.389. The third kappa shape index (κ3) is 2.03. The van der Waals surface area contributed by atoms with E-state index in [4.69, 9.17) is 17.3 Å². The van der Waals surface area contributed by atoms with Crippen LogP contribution in [0.2, 0.25) is 5.02 Å². The van der Waals surface area contributed by atoms with Gasteiger partial charge in [0.15, 0.2) is 5.82 Å². The molecule has 98 valence electrons. The number of hydrogen-bond donors (Lipinski definition) is 1. The molecular formula is C13H19ClN4. The molecule has 2 fully saturated rings. The molecule has 0 amide bonds. The van der Waals surface area contributed by atoms with Gasteiger partial charge < -0.3 is 10.6 Å². The van der Waals surface area contributed by atoms with Gasteiger partial charge in [0.2, 0.25) is 0 Å². The van der Waals surface area contributed by atoms with Crippen LogP contribution in [0.1, 0.15) is 38.5 Å². The van der Waals surface area contributed by atoms with Crippen molar-refractivity contribution in [3.63, 3.8) is 0 Å². The number of aromatic nitrogens is 2. The van der Waals surface area contributed by atoms with E-state index in [1.807, 2.05) is 0 Å². The summed E-state index contributed by atoms with van der Waals surface area (Å²) < 4.78 is 0. The summed E-state index contributed by atoms with van der Waals surface area (Å²) in [6, 6.07) is 0.597. The zero-order valence-corrected chi connectivity index (χ0v) is 11.2. The normalized spacial score (nSPS) is 27.9. The molecule has 0 aromatic carbocycles. The molecule has 2 N–H and O–H groups in total. The second kappa shape index (κ2) is 4.92. The first-order valence-corrected chi connectivity index (χ1v) is 7.18. The lowest BCUT2D eigenvalue weighted by Gasteiger charge is -2.45. The number of nitrogen functional groups attached to an aromatic ring is 1. The van der Waals surface area contributed by atoms with E-state index in [2.05, 4.69) is 14.9 Å². The molecule has 4 nitrogen and oxygen atoms in total. The molecule has 0 spiro atoms. The summed E-state index contributed by atoms with van der Waals surface area (Å²) in [4.78, 5) is 10.7. The van der Waals surface area contributed by atoms with Gasteiger partial charge in [0, 0.05) is 12.6 Å². The summed E-state index contributed by atoms with van der Waals surface area (Å²) in [6.07, 6.45) is 9.37. The Bertz CT molecular complexity index is 435. The standard InChI is InChI=1S/C13H19ClN4/c14-11-12(15)16-8-17-13(11)18-7-3-5-9-4-1-2-6-10(9)18/h8-10H,1-7H2,(H2,15,16,17). The Morgan fingerprint density at radius 2 is 1.94 bits per heavy atom. The molecule has 1 saturated carbocycles. The first-order valence-electron chi connectivity index (χ1n) is 6.80. The summed E-state index contributed by atoms with van der Waals surface area (Å²) in [5.41, 5.74) is 5.79. The molecule has 1 aliphatic heterocycles. The molecular weight excluding hydrogens is 248 g/mol. The number of hydrogen-bond acceptors (Lipinski definition) is 4. The molecule has 2 heterocycles. The van der Waals surface area contributed by atoms with Gasteiger partial charge in [0.25, 0.3) is 0 Å². The lowest BCUT2D eigenvalue weighted by atomic mass is 9.78. The van der Waals surface area contributed by atoms with Crippen molar-refractivity contribution in [2.24, 2.45) is 5.92 Å². The molecule has 0 bridgehead atoms. The Balaban J connectivity index is 1.92. The molecule has 2 aliphatic rings. The molecule has 0 radical (unpaired) electrons. The van der Waals surface area contributed by atoms with E-state index < -0.39 is 0 Å². The van der Waals surface area contributed by atoms with Gasteiger partial charge in [0.05, 0.1) is 0 Å². The summed E-state index contributed by atoms with van der Waals surface area (Å²) >= 11 is 6.27. The molecule has 1 aromatic rings. The highest BCUT2D eigenvalue weighted by molar-refractivity contribution is 6.35. The summed E-state index contributed by atoms with van der Waals surface area (Å²) in [6.45, 7) is 1.04. The molecule has 3 rings (SSSR count). The number of nitrogens with two attached hydrogens (primary N) is 1. The van der Waals surface area contributed by atoms with Gasteiger partial charge >= 0.3 is 0 Å². The van der Waals surface area contributed by atoms with E-state index >= 15 is 0 Å². The van der Waals surface area contributed by atoms with Crippen molar-refractivity contribution in [2.75, 3.05) is 17.2 Å². The highest BCUT2D eigenvalue weighted by Crippen LogP contribution is 2.39. The predicted octanol–water partition coefficient (Wildman–Crippen LogP) is 2.87. The van der Waals surface area contributed by atoms with Crippen molar-refractivity contribution in [2.45, 2.75) is 44.6 Å². The maximum Gasteiger partial charge on any atom is 0.153 e. The molecule has 1 saturated heterocycles. The van der Waals surface area contributed by atoms with E-state index in [1.54, 1.807) is 0 Å². The molecule has 5 heteroatoms. The Morgan fingerprint density at radius 3 is 2.83 bits per heavy atom. The Morgan fingerprint density at radius 1 is 1.17 bits per heavy atom. The fourth-order valence-corrected chi connectivity index (χ4v) is 3.67. The number of nitrogens with zero attached hydrogens (tertiary/aromatic N) is 3. The smallest absolute Gasteiger partial charge is 0.153 e. The number of rotatable bonds is 1. The quantitative estimate of drug-likeness (QED) is 0.849. The minimum Gasteiger partial charge on any atom is -0.382 e. The maximum atomic E-state index is 6.27. The first kappa shape index (κ1) is 12.0. The van der Waals surface area contributed by atoms with Crippen molar-refractivity contribution in [1.29, 1.82) is 0 Å². The van der Waals surface area contributed by atoms with Crippen LogP contribution in [0.4, 0.5) is 11.6 Å². The van der Waals surface area contributed by atoms with Crippen LogP contribution in [-0.4, -0.2) is 22.6 Å². The fraction of sp³-hybridized carbons (Fsp3) is 0.692. The van der Waals surface area contributed by atoms with Gasteiger partial charge in [-0.15, -0.1) is 0 Å². The van der Waals surface area contributed by atoms with Crippen LogP contribution in [0.25, 0.3) is 0 Å². The van der Waals surface area contributed by atoms with Crippen LogP contribution >= 0.6 is 11.6 Å². The van der Waals surface area contributed by atoms with E-state index in [0.29, 0.717) is 16.9 Å². The van der Waals surface area contributed by atoms with Crippen LogP contribution in [0.15, 0.2) is 6.33 Å². The van der Waals surface area contributed by atoms with Gasteiger partial charge in [-0.1, -0.05) is 24.4 Å². The predicted molar refractivity (Wildman–Crippen MR) is 73.8 cm³/mol. The summed E-state index contributed by atoms with van der Waals surface area (Å²) in [5.74, 6) is 2.03. The monoisotopic (exact) mass is 266 g/mol. The highest BCUT2D eigenvalue weighted by atomic mass is 35.5. The van der Waals surface area contributed by atoms with E-state index in [0.717, 1.165) is 18.3 Å². The zero-order valence-electron chi connectivity index (χ0n) is 10.5. The van der Waals surface area contributed by atoms with Gasteiger partial charge in [0.1, 0.15) is 17.2 Å². The van der Waals surface area contributed by atoms with Gasteiger partial charge in [-0.2, -0.15) is 0 Å². The summed E-state index contributed by atoms with van der Waals surface area (Å²) in [7, 11) is 0. The SMILES string of the molecule is Nc1ncnc(N2CCCC3CCCCC32)c1Cl. The molecule has 2 atom stereocenters. The zero-order chi connectivity index (χ0) is 12.5. The molecule has 1 aliphatic carbocycles. The largest absolute Gasteiger partial charge is 0.382 e. The Hall–Kier alpha value is -1.03. The van der Waals surface area contributed by atoms with Gasteiger partial charge in [-0.25, -0.2) is 9.97 Å².